The molecule has 0 fully saturated rings. The average molecular weight is 298 g/mol. The lowest BCUT2D eigenvalue weighted by Gasteiger charge is -2.14. The van der Waals surface area contributed by atoms with Gasteiger partial charge in [0.05, 0.1) is 0 Å². The summed E-state index contributed by atoms with van der Waals surface area (Å²) in [6, 6.07) is 15.7. The standard InChI is InChI=1S/C20H14B4/c1-11-3-5-15(19(23)7-11)16-6-4-13(8-20(16)24)14-9-17(21)12(2)18(22)10-14/h3-10H,1-2H3. The molecule has 0 spiro atoms. The van der Waals surface area contributed by atoms with Crippen molar-refractivity contribution in [2.75, 3.05) is 0 Å². The first-order valence-electron chi connectivity index (χ1n) is 7.79. The third-order valence-electron chi connectivity index (χ3n) is 4.37. The molecular weight excluding hydrogens is 283 g/mol. The van der Waals surface area contributed by atoms with E-state index in [2.05, 4.69) is 0 Å². The van der Waals surface area contributed by atoms with Gasteiger partial charge in [-0.3, -0.25) is 0 Å². The van der Waals surface area contributed by atoms with Crippen LogP contribution in [0.5, 0.6) is 0 Å². The van der Waals surface area contributed by atoms with Gasteiger partial charge in [0, 0.05) is 0 Å². The molecule has 0 amide bonds. The molecule has 0 aliphatic carbocycles. The maximum atomic E-state index is 6.29. The van der Waals surface area contributed by atoms with Gasteiger partial charge >= 0.3 is 0 Å². The Balaban J connectivity index is 2.07. The Hall–Kier alpha value is -2.08. The molecule has 0 aromatic heterocycles. The van der Waals surface area contributed by atoms with Gasteiger partial charge in [0.2, 0.25) is 0 Å². The maximum Gasteiger partial charge on any atom is 0.114 e. The van der Waals surface area contributed by atoms with E-state index in [9.17, 15) is 0 Å². The summed E-state index contributed by atoms with van der Waals surface area (Å²) in [7, 11) is 24.5. The molecule has 106 valence electrons. The number of rotatable bonds is 2. The van der Waals surface area contributed by atoms with Crippen molar-refractivity contribution in [3.05, 3.63) is 59.7 Å². The summed E-state index contributed by atoms with van der Waals surface area (Å²) in [6.45, 7) is 3.92. The molecule has 24 heavy (non-hydrogen) atoms. The van der Waals surface area contributed by atoms with E-state index in [0.717, 1.165) is 38.8 Å². The molecule has 0 aliphatic heterocycles. The summed E-state index contributed by atoms with van der Waals surface area (Å²) in [5.74, 6) is 0. The lowest BCUT2D eigenvalue weighted by molar-refractivity contribution is 1.49. The molecule has 3 rings (SSSR count). The van der Waals surface area contributed by atoms with Crippen molar-refractivity contribution in [3.63, 3.8) is 0 Å². The quantitative estimate of drug-likeness (QED) is 0.614. The van der Waals surface area contributed by atoms with Crippen LogP contribution in [0.15, 0.2) is 48.5 Å². The third kappa shape index (κ3) is 3.11. The second kappa shape index (κ2) is 6.43. The van der Waals surface area contributed by atoms with E-state index in [4.69, 9.17) is 31.4 Å². The highest BCUT2D eigenvalue weighted by molar-refractivity contribution is 6.41. The fourth-order valence-corrected chi connectivity index (χ4v) is 2.84. The van der Waals surface area contributed by atoms with E-state index in [1.165, 1.54) is 0 Å². The minimum atomic E-state index is 0.667. The molecule has 0 N–H and O–H groups in total. The first-order valence-corrected chi connectivity index (χ1v) is 7.79. The molecule has 0 aliphatic rings. The summed E-state index contributed by atoms with van der Waals surface area (Å²) < 4.78 is 0. The molecule has 0 atom stereocenters. The van der Waals surface area contributed by atoms with E-state index < -0.39 is 0 Å². The molecule has 0 heterocycles. The monoisotopic (exact) mass is 298 g/mol. The highest BCUT2D eigenvalue weighted by Gasteiger charge is 2.08. The Morgan fingerprint density at radius 1 is 0.542 bits per heavy atom. The minimum absolute atomic E-state index is 0.667. The molecule has 0 saturated heterocycles. The van der Waals surface area contributed by atoms with Crippen molar-refractivity contribution in [2.45, 2.75) is 13.8 Å². The summed E-state index contributed by atoms with van der Waals surface area (Å²) in [5.41, 5.74) is 8.54. The lowest BCUT2D eigenvalue weighted by Crippen LogP contribution is -2.20. The van der Waals surface area contributed by atoms with Crippen molar-refractivity contribution in [1.29, 1.82) is 0 Å². The predicted octanol–water partition coefficient (Wildman–Crippen LogP) is 0.813. The first kappa shape index (κ1) is 16.8. The molecule has 3 aromatic carbocycles. The normalized spacial score (nSPS) is 10.8. The van der Waals surface area contributed by atoms with Gasteiger partial charge in [0.1, 0.15) is 31.4 Å². The van der Waals surface area contributed by atoms with E-state index in [1.54, 1.807) is 0 Å². The van der Waals surface area contributed by atoms with Gasteiger partial charge in [-0.05, 0) is 36.1 Å². The number of aryl methyl sites for hydroxylation is 1. The molecule has 0 saturated carbocycles. The van der Waals surface area contributed by atoms with Crippen molar-refractivity contribution in [3.8, 4) is 22.3 Å². The SMILES string of the molecule is [B]c1cc(C)ccc1-c1ccc(-c2cc([B])c(C)c([B])c2)cc1[B]. The topological polar surface area (TPSA) is 0 Å². The van der Waals surface area contributed by atoms with E-state index in [-0.39, 0.29) is 0 Å². The average Bonchev–Trinajstić information content (AvgIpc) is 2.53. The van der Waals surface area contributed by atoms with E-state index in [0.29, 0.717) is 16.4 Å². The van der Waals surface area contributed by atoms with Crippen LogP contribution in [0.4, 0.5) is 0 Å². The molecule has 0 nitrogen and oxygen atoms in total. The number of benzene rings is 3. The fraction of sp³-hybridized carbons (Fsp3) is 0.100. The van der Waals surface area contributed by atoms with E-state index in [1.807, 2.05) is 62.4 Å². The molecule has 0 unspecified atom stereocenters. The van der Waals surface area contributed by atoms with Crippen LogP contribution < -0.4 is 21.9 Å². The Morgan fingerprint density at radius 3 is 1.58 bits per heavy atom. The zero-order chi connectivity index (χ0) is 17.4. The summed E-state index contributed by atoms with van der Waals surface area (Å²) in [6.07, 6.45) is 0. The Labute approximate surface area is 149 Å². The fourth-order valence-electron chi connectivity index (χ4n) is 2.84. The van der Waals surface area contributed by atoms with Crippen LogP contribution in [-0.2, 0) is 0 Å². The van der Waals surface area contributed by atoms with Gasteiger partial charge in [-0.25, -0.2) is 0 Å². The predicted molar refractivity (Wildman–Crippen MR) is 108 cm³/mol. The van der Waals surface area contributed by atoms with Crippen molar-refractivity contribution in [2.24, 2.45) is 0 Å². The second-order valence-corrected chi connectivity index (χ2v) is 6.17. The summed E-state index contributed by atoms with van der Waals surface area (Å²) >= 11 is 0. The van der Waals surface area contributed by atoms with Gasteiger partial charge in [-0.1, -0.05) is 81.5 Å². The van der Waals surface area contributed by atoms with E-state index >= 15 is 0 Å². The second-order valence-electron chi connectivity index (χ2n) is 6.17. The third-order valence-corrected chi connectivity index (χ3v) is 4.37. The molecule has 3 aromatic rings. The highest BCUT2D eigenvalue weighted by atomic mass is 14.1. The van der Waals surface area contributed by atoms with Gasteiger partial charge in [0.15, 0.2) is 0 Å². The van der Waals surface area contributed by atoms with Crippen LogP contribution in [0.25, 0.3) is 22.3 Å². The van der Waals surface area contributed by atoms with Crippen LogP contribution in [0.3, 0.4) is 0 Å². The van der Waals surface area contributed by atoms with Gasteiger partial charge < -0.3 is 0 Å². The molecular formula is C20H14B4. The Kier molecular flexibility index (Phi) is 4.49. The zero-order valence-corrected chi connectivity index (χ0v) is 13.9. The number of hydrogen-bond acceptors (Lipinski definition) is 0. The first-order chi connectivity index (χ1) is 11.4. The highest BCUT2D eigenvalue weighted by Crippen LogP contribution is 2.22. The van der Waals surface area contributed by atoms with Gasteiger partial charge in [0.25, 0.3) is 0 Å². The van der Waals surface area contributed by atoms with Gasteiger partial charge in [-0.2, -0.15) is 0 Å². The number of hydrogen-bond donors (Lipinski definition) is 0. The van der Waals surface area contributed by atoms with Crippen molar-refractivity contribution < 1.29 is 0 Å². The Morgan fingerprint density at radius 2 is 1.04 bits per heavy atom. The zero-order valence-electron chi connectivity index (χ0n) is 13.9. The molecule has 8 radical (unpaired) electrons. The summed E-state index contributed by atoms with van der Waals surface area (Å²) in [4.78, 5) is 0. The maximum absolute atomic E-state index is 6.29. The molecule has 0 bridgehead atoms. The van der Waals surface area contributed by atoms with Crippen LogP contribution in [-0.4, -0.2) is 31.4 Å². The summed E-state index contributed by atoms with van der Waals surface area (Å²) in [5, 5.41) is 0. The lowest BCUT2D eigenvalue weighted by atomic mass is 9.77. The van der Waals surface area contributed by atoms with Crippen LogP contribution in [0.2, 0.25) is 0 Å². The van der Waals surface area contributed by atoms with Crippen LogP contribution in [0, 0.1) is 13.8 Å². The van der Waals surface area contributed by atoms with Crippen LogP contribution in [0.1, 0.15) is 11.1 Å². The van der Waals surface area contributed by atoms with Crippen molar-refractivity contribution >= 4 is 53.2 Å². The Bertz CT molecular complexity index is 906. The molecule has 4 heteroatoms. The smallest absolute Gasteiger partial charge is 0.0938 e. The van der Waals surface area contributed by atoms with Crippen LogP contribution >= 0.6 is 0 Å². The largest absolute Gasteiger partial charge is 0.114 e. The van der Waals surface area contributed by atoms with Gasteiger partial charge in [-0.15, -0.1) is 0 Å². The van der Waals surface area contributed by atoms with Crippen molar-refractivity contribution in [1.82, 2.24) is 0 Å². The minimum Gasteiger partial charge on any atom is -0.0938 e.